The summed E-state index contributed by atoms with van der Waals surface area (Å²) in [7, 11) is 0. The molecular formula is C19H17FN2O4. The Kier molecular flexibility index (Phi) is 5.26. The van der Waals surface area contributed by atoms with Crippen LogP contribution in [0.15, 0.2) is 48.5 Å². The van der Waals surface area contributed by atoms with Crippen LogP contribution in [-0.4, -0.2) is 30.9 Å². The number of imide groups is 1. The van der Waals surface area contributed by atoms with E-state index in [1.807, 2.05) is 0 Å². The molecule has 0 spiro atoms. The summed E-state index contributed by atoms with van der Waals surface area (Å²) in [5.74, 6) is -1.26. The maximum absolute atomic E-state index is 13.4. The van der Waals surface area contributed by atoms with Gasteiger partial charge in [-0.1, -0.05) is 18.2 Å². The summed E-state index contributed by atoms with van der Waals surface area (Å²) < 4.78 is 18.7. The summed E-state index contributed by atoms with van der Waals surface area (Å²) >= 11 is 0. The summed E-state index contributed by atoms with van der Waals surface area (Å²) in [6, 6.07) is 12.3. The molecule has 134 valence electrons. The van der Waals surface area contributed by atoms with Crippen molar-refractivity contribution in [3.8, 4) is 5.75 Å². The maximum Gasteiger partial charge on any atom is 0.251 e. The molecule has 2 aromatic rings. The molecule has 3 amide bonds. The van der Waals surface area contributed by atoms with Crippen LogP contribution in [0, 0.1) is 5.82 Å². The molecule has 0 radical (unpaired) electrons. The molecule has 3 rings (SSSR count). The number of nitrogens with zero attached hydrogens (tertiary/aromatic N) is 1. The van der Waals surface area contributed by atoms with Crippen molar-refractivity contribution < 1.29 is 23.5 Å². The minimum absolute atomic E-state index is 0.107. The van der Waals surface area contributed by atoms with Gasteiger partial charge in [-0.05, 0) is 30.3 Å². The minimum atomic E-state index is -0.466. The predicted octanol–water partition coefficient (Wildman–Crippen LogP) is 2.29. The molecule has 0 aromatic heterocycles. The molecule has 0 bridgehead atoms. The second kappa shape index (κ2) is 7.77. The van der Waals surface area contributed by atoms with E-state index in [1.54, 1.807) is 30.3 Å². The SMILES string of the molecule is O=C(NCCOc1ccccc1F)c1cccc(N2C(=O)CCC2=O)c1. The highest BCUT2D eigenvalue weighted by molar-refractivity contribution is 6.20. The van der Waals surface area contributed by atoms with E-state index >= 15 is 0 Å². The van der Waals surface area contributed by atoms with Crippen LogP contribution in [0.25, 0.3) is 0 Å². The van der Waals surface area contributed by atoms with Crippen LogP contribution >= 0.6 is 0 Å². The van der Waals surface area contributed by atoms with Crippen LogP contribution in [0.5, 0.6) is 5.75 Å². The van der Waals surface area contributed by atoms with Gasteiger partial charge in [-0.25, -0.2) is 4.39 Å². The molecule has 1 fully saturated rings. The van der Waals surface area contributed by atoms with Gasteiger partial charge in [0, 0.05) is 18.4 Å². The van der Waals surface area contributed by atoms with Crippen molar-refractivity contribution in [2.24, 2.45) is 0 Å². The van der Waals surface area contributed by atoms with Crippen molar-refractivity contribution in [3.63, 3.8) is 0 Å². The van der Waals surface area contributed by atoms with Gasteiger partial charge in [0.25, 0.3) is 5.91 Å². The van der Waals surface area contributed by atoms with E-state index in [-0.39, 0.29) is 49.5 Å². The third-order valence-corrected chi connectivity index (χ3v) is 3.90. The lowest BCUT2D eigenvalue weighted by Gasteiger charge is -2.15. The number of ether oxygens (including phenoxy) is 1. The summed E-state index contributed by atoms with van der Waals surface area (Å²) in [6.07, 6.45) is 0.366. The Bertz CT molecular complexity index is 837. The molecule has 0 saturated carbocycles. The number of anilines is 1. The molecular weight excluding hydrogens is 339 g/mol. The number of halogens is 1. The fourth-order valence-electron chi connectivity index (χ4n) is 2.64. The maximum atomic E-state index is 13.4. The van der Waals surface area contributed by atoms with Crippen LogP contribution in [0.4, 0.5) is 10.1 Å². The van der Waals surface area contributed by atoms with Crippen molar-refractivity contribution in [1.29, 1.82) is 0 Å². The molecule has 1 saturated heterocycles. The zero-order valence-corrected chi connectivity index (χ0v) is 13.9. The van der Waals surface area contributed by atoms with E-state index in [0.29, 0.717) is 11.3 Å². The quantitative estimate of drug-likeness (QED) is 0.636. The number of carbonyl (C=O) groups is 3. The van der Waals surface area contributed by atoms with E-state index in [2.05, 4.69) is 5.32 Å². The summed E-state index contributed by atoms with van der Waals surface area (Å²) in [4.78, 5) is 36.9. The zero-order chi connectivity index (χ0) is 18.5. The van der Waals surface area contributed by atoms with Crippen molar-refractivity contribution in [2.45, 2.75) is 12.8 Å². The summed E-state index contributed by atoms with van der Waals surface area (Å²) in [5.41, 5.74) is 0.702. The molecule has 7 heteroatoms. The molecule has 6 nitrogen and oxygen atoms in total. The van der Waals surface area contributed by atoms with Gasteiger partial charge in [0.05, 0.1) is 12.2 Å². The number of hydrogen-bond acceptors (Lipinski definition) is 4. The van der Waals surface area contributed by atoms with Gasteiger partial charge in [-0.15, -0.1) is 0 Å². The van der Waals surface area contributed by atoms with Crippen LogP contribution in [-0.2, 0) is 9.59 Å². The Morgan fingerprint density at radius 1 is 1.08 bits per heavy atom. The number of nitrogens with one attached hydrogen (secondary N) is 1. The van der Waals surface area contributed by atoms with Gasteiger partial charge in [-0.2, -0.15) is 0 Å². The fourth-order valence-corrected chi connectivity index (χ4v) is 2.64. The molecule has 0 unspecified atom stereocenters. The van der Waals surface area contributed by atoms with E-state index in [4.69, 9.17) is 4.74 Å². The third-order valence-electron chi connectivity index (χ3n) is 3.90. The molecule has 1 heterocycles. The Hall–Kier alpha value is -3.22. The van der Waals surface area contributed by atoms with Crippen molar-refractivity contribution >= 4 is 23.4 Å². The lowest BCUT2D eigenvalue weighted by Crippen LogP contribution is -2.30. The number of para-hydroxylation sites is 1. The highest BCUT2D eigenvalue weighted by Gasteiger charge is 2.30. The average molecular weight is 356 g/mol. The topological polar surface area (TPSA) is 75.7 Å². The van der Waals surface area contributed by atoms with Crippen LogP contribution in [0.1, 0.15) is 23.2 Å². The Balaban J connectivity index is 1.57. The van der Waals surface area contributed by atoms with E-state index in [9.17, 15) is 18.8 Å². The lowest BCUT2D eigenvalue weighted by molar-refractivity contribution is -0.121. The number of amides is 3. The molecule has 26 heavy (non-hydrogen) atoms. The molecule has 2 aromatic carbocycles. The van der Waals surface area contributed by atoms with Crippen LogP contribution in [0.3, 0.4) is 0 Å². The first-order valence-corrected chi connectivity index (χ1v) is 8.17. The Labute approximate surface area is 149 Å². The van der Waals surface area contributed by atoms with E-state index < -0.39 is 5.82 Å². The lowest BCUT2D eigenvalue weighted by atomic mass is 10.1. The number of benzene rings is 2. The van der Waals surface area contributed by atoms with Gasteiger partial charge in [0.2, 0.25) is 11.8 Å². The monoisotopic (exact) mass is 356 g/mol. The predicted molar refractivity (Wildman–Crippen MR) is 92.4 cm³/mol. The molecule has 1 aliphatic rings. The van der Waals surface area contributed by atoms with Crippen LogP contribution < -0.4 is 15.0 Å². The fraction of sp³-hybridized carbons (Fsp3) is 0.211. The molecule has 0 aliphatic carbocycles. The first-order chi connectivity index (χ1) is 12.6. The summed E-state index contributed by atoms with van der Waals surface area (Å²) in [5, 5.41) is 2.65. The normalized spacial score (nSPS) is 13.8. The average Bonchev–Trinajstić information content (AvgIpc) is 2.98. The van der Waals surface area contributed by atoms with Gasteiger partial charge < -0.3 is 10.1 Å². The Morgan fingerprint density at radius 3 is 2.54 bits per heavy atom. The highest BCUT2D eigenvalue weighted by atomic mass is 19.1. The number of hydrogen-bond donors (Lipinski definition) is 1. The molecule has 1 N–H and O–H groups in total. The summed E-state index contributed by atoms with van der Waals surface area (Å²) in [6.45, 7) is 0.286. The third kappa shape index (κ3) is 3.88. The molecule has 0 atom stereocenters. The van der Waals surface area contributed by atoms with Gasteiger partial charge in [-0.3, -0.25) is 19.3 Å². The van der Waals surface area contributed by atoms with E-state index in [1.165, 1.54) is 18.2 Å². The smallest absolute Gasteiger partial charge is 0.251 e. The molecule has 1 aliphatic heterocycles. The zero-order valence-electron chi connectivity index (χ0n) is 13.9. The minimum Gasteiger partial charge on any atom is -0.489 e. The van der Waals surface area contributed by atoms with E-state index in [0.717, 1.165) is 4.90 Å². The van der Waals surface area contributed by atoms with Gasteiger partial charge in [0.1, 0.15) is 6.61 Å². The number of rotatable bonds is 6. The number of carbonyl (C=O) groups excluding carboxylic acids is 3. The van der Waals surface area contributed by atoms with Gasteiger partial charge >= 0.3 is 0 Å². The second-order valence-electron chi connectivity index (χ2n) is 5.71. The van der Waals surface area contributed by atoms with Crippen molar-refractivity contribution in [1.82, 2.24) is 5.32 Å². The first kappa shape index (κ1) is 17.6. The Morgan fingerprint density at radius 2 is 1.81 bits per heavy atom. The highest BCUT2D eigenvalue weighted by Crippen LogP contribution is 2.23. The van der Waals surface area contributed by atoms with Crippen LogP contribution in [0.2, 0.25) is 0 Å². The largest absolute Gasteiger partial charge is 0.489 e. The second-order valence-corrected chi connectivity index (χ2v) is 5.71. The first-order valence-electron chi connectivity index (χ1n) is 8.17. The standard InChI is InChI=1S/C19H17FN2O4/c20-15-6-1-2-7-16(15)26-11-10-21-19(25)13-4-3-5-14(12-13)22-17(23)8-9-18(22)24/h1-7,12H,8-11H2,(H,21,25). The van der Waals surface area contributed by atoms with Gasteiger partial charge in [0.15, 0.2) is 11.6 Å². The van der Waals surface area contributed by atoms with Crippen molar-refractivity contribution in [2.75, 3.05) is 18.1 Å². The van der Waals surface area contributed by atoms with Crippen molar-refractivity contribution in [3.05, 3.63) is 59.9 Å².